The molecule has 1 unspecified atom stereocenters. The highest BCUT2D eigenvalue weighted by Gasteiger charge is 2.31. The topological polar surface area (TPSA) is 45.2 Å². The Morgan fingerprint density at radius 1 is 1.05 bits per heavy atom. The summed E-state index contributed by atoms with van der Waals surface area (Å²) in [7, 11) is 0. The van der Waals surface area contributed by atoms with Crippen molar-refractivity contribution in [3.8, 4) is 0 Å². The number of benzene rings is 2. The third-order valence-corrected chi connectivity index (χ3v) is 7.63. The van der Waals surface area contributed by atoms with E-state index < -0.39 is 11.7 Å². The number of likely N-dealkylation sites (tertiary alicyclic amines) is 1. The predicted molar refractivity (Wildman–Crippen MR) is 134 cm³/mol. The van der Waals surface area contributed by atoms with Gasteiger partial charge in [0.1, 0.15) is 5.82 Å². The molecule has 194 valence electrons. The maximum absolute atomic E-state index is 15.8. The number of allylic oxidation sites excluding steroid dienone is 1. The fraction of sp³-hybridized carbons (Fsp3) is 0.379. The van der Waals surface area contributed by atoms with Gasteiger partial charge in [0.15, 0.2) is 0 Å². The van der Waals surface area contributed by atoms with Crippen LogP contribution in [0.1, 0.15) is 65.5 Å². The molecule has 8 heteroatoms. The average molecular weight is 512 g/mol. The number of halogens is 4. The summed E-state index contributed by atoms with van der Waals surface area (Å²) in [5, 5.41) is 3.23. The highest BCUT2D eigenvalue weighted by molar-refractivity contribution is 5.89. The summed E-state index contributed by atoms with van der Waals surface area (Å²) < 4.78 is 54.3. The molecule has 0 bridgehead atoms. The van der Waals surface area contributed by atoms with E-state index in [1.165, 1.54) is 12.1 Å². The average Bonchev–Trinajstić information content (AvgIpc) is 2.85. The lowest BCUT2D eigenvalue weighted by atomic mass is 9.86. The number of carbonyl (C=O) groups is 1. The molecule has 1 amide bonds. The van der Waals surface area contributed by atoms with Gasteiger partial charge in [-0.3, -0.25) is 14.7 Å². The second-order valence-corrected chi connectivity index (χ2v) is 10.1. The molecule has 0 aliphatic carbocycles. The summed E-state index contributed by atoms with van der Waals surface area (Å²) in [6.07, 6.45) is -1.53. The van der Waals surface area contributed by atoms with Crippen LogP contribution >= 0.6 is 0 Å². The maximum Gasteiger partial charge on any atom is 0.416 e. The lowest BCUT2D eigenvalue weighted by molar-refractivity contribution is -0.137. The van der Waals surface area contributed by atoms with E-state index in [0.717, 1.165) is 54.9 Å². The molecule has 4 nitrogen and oxygen atoms in total. The summed E-state index contributed by atoms with van der Waals surface area (Å²) >= 11 is 0. The molecule has 1 atom stereocenters. The number of fused-ring (bicyclic) bond motifs is 1. The number of hydrogen-bond acceptors (Lipinski definition) is 3. The largest absolute Gasteiger partial charge is 0.416 e. The van der Waals surface area contributed by atoms with Gasteiger partial charge < -0.3 is 5.32 Å². The summed E-state index contributed by atoms with van der Waals surface area (Å²) in [6, 6.07) is 10.7. The van der Waals surface area contributed by atoms with Gasteiger partial charge in [0.05, 0.1) is 17.0 Å². The SMILES string of the molecule is C=C1CCC(c2cc3c(F)c(C4CCN(Cc5ccc(C(F)(F)F)cc5)CC4)ccc3nc2C)C(=O)N1. The molecule has 0 spiro atoms. The van der Waals surface area contributed by atoms with Crippen molar-refractivity contribution in [3.63, 3.8) is 0 Å². The molecule has 1 N–H and O–H groups in total. The van der Waals surface area contributed by atoms with Gasteiger partial charge >= 0.3 is 6.18 Å². The van der Waals surface area contributed by atoms with Crippen molar-refractivity contribution in [2.24, 2.45) is 0 Å². The number of nitrogens with one attached hydrogen (secondary N) is 1. The molecule has 2 aliphatic rings. The van der Waals surface area contributed by atoms with Crippen LogP contribution in [0, 0.1) is 12.7 Å². The van der Waals surface area contributed by atoms with E-state index in [-0.39, 0.29) is 23.6 Å². The van der Waals surface area contributed by atoms with Crippen LogP contribution in [0.3, 0.4) is 0 Å². The van der Waals surface area contributed by atoms with Gasteiger partial charge in [0, 0.05) is 23.3 Å². The number of nitrogens with zero attached hydrogens (tertiary/aromatic N) is 2. The number of alkyl halides is 3. The quantitative estimate of drug-likeness (QED) is 0.402. The van der Waals surface area contributed by atoms with E-state index in [1.807, 2.05) is 19.1 Å². The molecular formula is C29H29F4N3O. The number of amides is 1. The van der Waals surface area contributed by atoms with Crippen molar-refractivity contribution in [1.82, 2.24) is 15.2 Å². The molecule has 5 rings (SSSR count). The Bertz CT molecular complexity index is 1340. The highest BCUT2D eigenvalue weighted by atomic mass is 19.4. The van der Waals surface area contributed by atoms with Crippen molar-refractivity contribution < 1.29 is 22.4 Å². The minimum Gasteiger partial charge on any atom is -0.330 e. The van der Waals surface area contributed by atoms with Crippen LogP contribution in [-0.4, -0.2) is 28.9 Å². The van der Waals surface area contributed by atoms with Crippen LogP contribution in [0.2, 0.25) is 0 Å². The number of aryl methyl sites for hydroxylation is 1. The summed E-state index contributed by atoms with van der Waals surface area (Å²) in [5.41, 5.74) is 3.58. The lowest BCUT2D eigenvalue weighted by Gasteiger charge is -2.32. The number of pyridine rings is 1. The molecule has 0 radical (unpaired) electrons. The standard InChI is InChI=1S/C29H29F4N3O/c1-17-3-8-23(28(37)34-17)24-15-25-26(35-18(24)2)10-9-22(27(25)30)20-11-13-36(14-12-20)16-19-4-6-21(7-5-19)29(31,32)33/h4-7,9-10,15,20,23H,1,3,8,11-14,16H2,2H3,(H,34,37). The Morgan fingerprint density at radius 3 is 2.41 bits per heavy atom. The van der Waals surface area contributed by atoms with E-state index in [1.54, 1.807) is 6.07 Å². The van der Waals surface area contributed by atoms with E-state index in [4.69, 9.17) is 0 Å². The molecule has 2 saturated heterocycles. The van der Waals surface area contributed by atoms with Crippen molar-refractivity contribution >= 4 is 16.8 Å². The van der Waals surface area contributed by atoms with Crippen LogP contribution in [0.25, 0.3) is 10.9 Å². The van der Waals surface area contributed by atoms with Crippen molar-refractivity contribution in [1.29, 1.82) is 0 Å². The normalized spacial score (nSPS) is 19.9. The second-order valence-electron chi connectivity index (χ2n) is 10.1. The second kappa shape index (κ2) is 9.89. The first-order valence-corrected chi connectivity index (χ1v) is 12.6. The number of carbonyl (C=O) groups excluding carboxylic acids is 1. The Balaban J connectivity index is 1.31. The minimum absolute atomic E-state index is 0.0410. The van der Waals surface area contributed by atoms with E-state index in [0.29, 0.717) is 41.5 Å². The molecule has 3 aromatic rings. The minimum atomic E-state index is -4.34. The number of rotatable bonds is 4. The van der Waals surface area contributed by atoms with Crippen LogP contribution in [0.4, 0.5) is 17.6 Å². The lowest BCUT2D eigenvalue weighted by Crippen LogP contribution is -2.33. The zero-order valence-electron chi connectivity index (χ0n) is 20.7. The molecule has 3 heterocycles. The van der Waals surface area contributed by atoms with E-state index in [2.05, 4.69) is 21.8 Å². The van der Waals surface area contributed by atoms with E-state index >= 15 is 4.39 Å². The summed E-state index contributed by atoms with van der Waals surface area (Å²) in [6.45, 7) is 7.70. The highest BCUT2D eigenvalue weighted by Crippen LogP contribution is 2.36. The Labute approximate surface area is 213 Å². The van der Waals surface area contributed by atoms with Crippen molar-refractivity contribution in [2.75, 3.05) is 13.1 Å². The maximum atomic E-state index is 15.8. The fourth-order valence-corrected chi connectivity index (χ4v) is 5.54. The van der Waals surface area contributed by atoms with Gasteiger partial charge in [-0.15, -0.1) is 0 Å². The number of piperidine rings is 2. The molecule has 2 fully saturated rings. The molecular weight excluding hydrogens is 482 g/mol. The van der Waals surface area contributed by atoms with Crippen LogP contribution in [0.15, 0.2) is 54.7 Å². The third-order valence-electron chi connectivity index (χ3n) is 7.63. The smallest absolute Gasteiger partial charge is 0.330 e. The van der Waals surface area contributed by atoms with Gasteiger partial charge in [-0.1, -0.05) is 24.8 Å². The van der Waals surface area contributed by atoms with Gasteiger partial charge in [0.25, 0.3) is 0 Å². The van der Waals surface area contributed by atoms with Crippen molar-refractivity contribution in [3.05, 3.63) is 88.5 Å². The molecule has 0 saturated carbocycles. The zero-order valence-corrected chi connectivity index (χ0v) is 20.7. The summed E-state index contributed by atoms with van der Waals surface area (Å²) in [4.78, 5) is 19.4. The first kappa shape index (κ1) is 25.4. The summed E-state index contributed by atoms with van der Waals surface area (Å²) in [5.74, 6) is -0.747. The Kier molecular flexibility index (Phi) is 6.79. The van der Waals surface area contributed by atoms with Gasteiger partial charge in [-0.05, 0) is 92.6 Å². The van der Waals surface area contributed by atoms with Crippen molar-refractivity contribution in [2.45, 2.75) is 57.2 Å². The van der Waals surface area contributed by atoms with Gasteiger partial charge in [0.2, 0.25) is 5.91 Å². The molecule has 2 aliphatic heterocycles. The molecule has 2 aromatic carbocycles. The van der Waals surface area contributed by atoms with Gasteiger partial charge in [-0.25, -0.2) is 4.39 Å². The Hall–Kier alpha value is -3.26. The zero-order chi connectivity index (χ0) is 26.3. The molecule has 1 aromatic heterocycles. The van der Waals surface area contributed by atoms with Crippen LogP contribution in [0.5, 0.6) is 0 Å². The fourth-order valence-electron chi connectivity index (χ4n) is 5.54. The predicted octanol–water partition coefficient (Wildman–Crippen LogP) is 6.59. The molecule has 37 heavy (non-hydrogen) atoms. The number of aromatic nitrogens is 1. The van der Waals surface area contributed by atoms with Crippen LogP contribution in [-0.2, 0) is 17.5 Å². The first-order valence-electron chi connectivity index (χ1n) is 12.6. The first-order chi connectivity index (χ1) is 17.6. The van der Waals surface area contributed by atoms with Gasteiger partial charge in [-0.2, -0.15) is 13.2 Å². The van der Waals surface area contributed by atoms with E-state index in [9.17, 15) is 18.0 Å². The third kappa shape index (κ3) is 5.25. The van der Waals surface area contributed by atoms with Crippen LogP contribution < -0.4 is 5.32 Å². The number of hydrogen-bond donors (Lipinski definition) is 1. The Morgan fingerprint density at radius 2 is 1.76 bits per heavy atom. The monoisotopic (exact) mass is 511 g/mol.